The van der Waals surface area contributed by atoms with Gasteiger partial charge in [0.25, 0.3) is 0 Å². The van der Waals surface area contributed by atoms with Crippen molar-refractivity contribution in [2.75, 3.05) is 0 Å². The molecule has 0 aliphatic rings. The van der Waals surface area contributed by atoms with Crippen LogP contribution in [0.4, 0.5) is 0 Å². The van der Waals surface area contributed by atoms with Crippen molar-refractivity contribution < 1.29 is 32.9 Å². The second-order valence-electron chi connectivity index (χ2n) is 17.9. The highest BCUT2D eigenvalue weighted by Gasteiger charge is 2.17. The van der Waals surface area contributed by atoms with Crippen molar-refractivity contribution in [3.63, 3.8) is 0 Å². The van der Waals surface area contributed by atoms with Crippen LogP contribution in [0.2, 0.25) is 0 Å². The third kappa shape index (κ3) is 7.00. The molecule has 0 fully saturated rings. The Balaban J connectivity index is 0.000000164. The first-order valence-corrected chi connectivity index (χ1v) is 24.1. The Bertz CT molecular complexity index is 5870. The molecule has 16 aromatic rings. The quantitative estimate of drug-likeness (QED) is 0.158. The number of hydrogen-bond acceptors (Lipinski definition) is 0. The average Bonchev–Trinajstić information content (AvgIpc) is 1.56. The summed E-state index contributed by atoms with van der Waals surface area (Å²) in [6.45, 7) is 0. The van der Waals surface area contributed by atoms with Gasteiger partial charge in [0.2, 0.25) is 0 Å². The van der Waals surface area contributed by atoms with Crippen molar-refractivity contribution in [2.24, 2.45) is 0 Å². The van der Waals surface area contributed by atoms with E-state index in [1.165, 1.54) is 9.13 Å². The van der Waals surface area contributed by atoms with Crippen LogP contribution in [-0.4, -0.2) is 18.3 Å². The molecule has 0 amide bonds. The highest BCUT2D eigenvalue weighted by molar-refractivity contribution is 6.12. The minimum absolute atomic E-state index is 0.0394. The average molecular weight is 993 g/mol. The van der Waals surface area contributed by atoms with E-state index in [4.69, 9.17) is 32.9 Å². The van der Waals surface area contributed by atoms with E-state index < -0.39 is 121 Å². The largest absolute Gasteiger partial charge is 0.309 e. The third-order valence-corrected chi connectivity index (χ3v) is 13.8. The lowest BCUT2D eigenvalue weighted by Gasteiger charge is -2.12. The van der Waals surface area contributed by atoms with Gasteiger partial charge in [-0.25, -0.2) is 0 Å². The Morgan fingerprint density at radius 3 is 0.684 bits per heavy atom. The van der Waals surface area contributed by atoms with Crippen molar-refractivity contribution in [2.45, 2.75) is 0 Å². The van der Waals surface area contributed by atoms with E-state index in [1.807, 2.05) is 54.6 Å². The molecule has 0 bridgehead atoms. The molecule has 0 radical (unpaired) electrons. The highest BCUT2D eigenvalue weighted by atomic mass is 15.0. The number of fused-ring (bicyclic) bond motifs is 12. The zero-order valence-corrected chi connectivity index (χ0v) is 39.6. The molecule has 16 rings (SSSR count). The molecule has 4 aromatic heterocycles. The minimum Gasteiger partial charge on any atom is -0.309 e. The first-order valence-electron chi connectivity index (χ1n) is 36.1. The zero-order chi connectivity index (χ0) is 71.0. The van der Waals surface area contributed by atoms with E-state index in [-0.39, 0.29) is 89.6 Å². The minimum atomic E-state index is -0.552. The van der Waals surface area contributed by atoms with Gasteiger partial charge in [-0.2, -0.15) is 0 Å². The molecular formula is C72H48N4. The summed E-state index contributed by atoms with van der Waals surface area (Å²) < 4.78 is 212. The summed E-state index contributed by atoms with van der Waals surface area (Å²) in [5.41, 5.74) is 7.14. The lowest BCUT2D eigenvalue weighted by molar-refractivity contribution is 1.17. The maximum Gasteiger partial charge on any atom is 0.0645 e. The monoisotopic (exact) mass is 993 g/mol. The molecule has 0 aliphatic carbocycles. The van der Waals surface area contributed by atoms with Gasteiger partial charge in [-0.1, -0.05) is 194 Å². The second-order valence-corrected chi connectivity index (χ2v) is 17.9. The molecule has 4 nitrogen and oxygen atoms in total. The summed E-state index contributed by atoms with van der Waals surface area (Å²) in [6, 6.07) is 34.6. The Kier molecular flexibility index (Phi) is 6.01. The van der Waals surface area contributed by atoms with Gasteiger partial charge in [0, 0.05) is 65.8 Å². The van der Waals surface area contributed by atoms with Gasteiger partial charge >= 0.3 is 0 Å². The first kappa shape index (κ1) is 25.7. The highest BCUT2D eigenvalue weighted by Crippen LogP contribution is 2.38. The van der Waals surface area contributed by atoms with Gasteiger partial charge in [-0.15, -0.1) is 0 Å². The van der Waals surface area contributed by atoms with Gasteiger partial charge in [-0.3, -0.25) is 0 Å². The lowest BCUT2D eigenvalue weighted by atomic mass is 10.0. The van der Waals surface area contributed by atoms with E-state index in [1.54, 1.807) is 59.2 Å². The molecule has 0 saturated heterocycles. The standard InChI is InChI=1S/2C36H24N2/c2*1-5-19-33-29(15-1)30-16-2-6-20-34(30)37(33)27-13-9-11-25(23-27)26-12-10-14-28(24-26)38-35-21-7-3-17-31(35)32-18-4-8-22-36(32)38/h2*1-24H/i1D,2D,3D,4D,5D,6D,7D,8D,15D,16D,17D,18D,19D,20D,21D,22D;1D,2D,5D,6D,15D,16D,19D,20D. The molecule has 0 aliphatic heterocycles. The lowest BCUT2D eigenvalue weighted by Crippen LogP contribution is -1.95. The van der Waals surface area contributed by atoms with Crippen LogP contribution in [0.1, 0.15) is 32.9 Å². The normalized spacial score (nSPS) is 16.1. The number of nitrogens with zero attached hydrogens (tertiary/aromatic N) is 4. The van der Waals surface area contributed by atoms with E-state index in [2.05, 4.69) is 41.0 Å². The van der Waals surface area contributed by atoms with Crippen LogP contribution in [0, 0.1) is 0 Å². The second kappa shape index (κ2) is 17.8. The molecule has 12 aromatic carbocycles. The van der Waals surface area contributed by atoms with Crippen LogP contribution < -0.4 is 0 Å². The fraction of sp³-hybridized carbons (Fsp3) is 0. The van der Waals surface area contributed by atoms with E-state index in [9.17, 15) is 0 Å². The molecule has 0 saturated carbocycles. The van der Waals surface area contributed by atoms with Crippen molar-refractivity contribution in [3.8, 4) is 45.0 Å². The smallest absolute Gasteiger partial charge is 0.0645 e. The first-order chi connectivity index (χ1) is 47.7. The van der Waals surface area contributed by atoms with E-state index in [0.717, 1.165) is 38.6 Å². The van der Waals surface area contributed by atoms with Gasteiger partial charge < -0.3 is 18.3 Å². The van der Waals surface area contributed by atoms with Crippen LogP contribution in [-0.2, 0) is 0 Å². The maximum atomic E-state index is 8.84. The Hall–Kier alpha value is -10.2. The van der Waals surface area contributed by atoms with Crippen LogP contribution in [0.25, 0.3) is 132 Å². The molecule has 0 unspecified atom stereocenters. The Morgan fingerprint density at radius 1 is 0.197 bits per heavy atom. The summed E-state index contributed by atoms with van der Waals surface area (Å²) >= 11 is 0. The summed E-state index contributed by atoms with van der Waals surface area (Å²) in [6.07, 6.45) is 0. The number of hydrogen-bond donors (Lipinski definition) is 0. The third-order valence-electron chi connectivity index (χ3n) is 13.8. The van der Waals surface area contributed by atoms with Crippen molar-refractivity contribution in [3.05, 3.63) is 291 Å². The fourth-order valence-electron chi connectivity index (χ4n) is 10.5. The zero-order valence-electron chi connectivity index (χ0n) is 63.6. The van der Waals surface area contributed by atoms with Gasteiger partial charge in [-0.05, 0) is 119 Å². The number of aromatic nitrogens is 4. The van der Waals surface area contributed by atoms with Crippen LogP contribution >= 0.6 is 0 Å². The Labute approximate surface area is 473 Å². The molecule has 0 N–H and O–H groups in total. The molecule has 0 spiro atoms. The van der Waals surface area contributed by atoms with Gasteiger partial charge in [0.1, 0.15) is 0 Å². The van der Waals surface area contributed by atoms with Gasteiger partial charge in [0.05, 0.1) is 77.0 Å². The van der Waals surface area contributed by atoms with E-state index >= 15 is 0 Å². The van der Waals surface area contributed by atoms with Gasteiger partial charge in [0.15, 0.2) is 0 Å². The van der Waals surface area contributed by atoms with Crippen LogP contribution in [0.3, 0.4) is 0 Å². The van der Waals surface area contributed by atoms with Crippen molar-refractivity contribution >= 4 is 87.2 Å². The number of rotatable bonds is 6. The van der Waals surface area contributed by atoms with Crippen LogP contribution in [0.5, 0.6) is 0 Å². The summed E-state index contributed by atoms with van der Waals surface area (Å²) in [7, 11) is 0. The van der Waals surface area contributed by atoms with Crippen LogP contribution in [0.15, 0.2) is 291 Å². The van der Waals surface area contributed by atoms with Crippen molar-refractivity contribution in [1.29, 1.82) is 0 Å². The maximum absolute atomic E-state index is 8.84. The number of para-hydroxylation sites is 8. The fourth-order valence-corrected chi connectivity index (χ4v) is 10.5. The molecule has 4 heterocycles. The van der Waals surface area contributed by atoms with Crippen molar-refractivity contribution in [1.82, 2.24) is 18.3 Å². The summed E-state index contributed by atoms with van der Waals surface area (Å²) in [5, 5.41) is 2.20. The Morgan fingerprint density at radius 2 is 0.421 bits per heavy atom. The number of benzene rings is 12. The molecule has 4 heteroatoms. The predicted octanol–water partition coefficient (Wildman–Crippen LogP) is 19.1. The SMILES string of the molecule is [2H]c1c([2H])c([2H])c2c(c1[2H])c1c([2H])c([2H])c([2H])c([2H])c1n2-c1cccc(-c2cccc(-n3c4c([2H])c([2H])c([2H])c([2H])c4c4c([2H])c([2H])c([2H])c([2H])c43)c2)c1.[2H]c1c([2H])c([2H])c2c(c1[2H])c1c([2H])c([2H])c([2H])c([2H])c1n2-c1cccc(-c2cccc(-n3c4ccccc4c4ccccc43)c2)c1. The molecular weight excluding hydrogens is 921 g/mol. The molecule has 0 atom stereocenters. The molecule has 356 valence electrons. The predicted molar refractivity (Wildman–Crippen MR) is 321 cm³/mol. The molecule has 76 heavy (non-hydrogen) atoms. The summed E-state index contributed by atoms with van der Waals surface area (Å²) in [4.78, 5) is 0. The topological polar surface area (TPSA) is 19.7 Å². The summed E-state index contributed by atoms with van der Waals surface area (Å²) in [5.74, 6) is 0. The van der Waals surface area contributed by atoms with E-state index in [0.29, 0.717) is 28.2 Å².